The first-order chi connectivity index (χ1) is 25.2. The number of amides is 4. The predicted octanol–water partition coefficient (Wildman–Crippen LogP) is 6.24. The van der Waals surface area contributed by atoms with E-state index >= 15 is 0 Å². The maximum absolute atomic E-state index is 14.3. The number of hydrogen-bond donors (Lipinski definition) is 4. The molecule has 55 heavy (non-hydrogen) atoms. The molecule has 4 N–H and O–H groups in total. The van der Waals surface area contributed by atoms with E-state index < -0.39 is 54.3 Å². The van der Waals surface area contributed by atoms with Gasteiger partial charge in [-0.15, -0.1) is 0 Å². The molecule has 12 nitrogen and oxygen atoms in total. The third-order valence-electron chi connectivity index (χ3n) is 10.1. The molecular formula is C41H67N5O7SSi. The van der Waals surface area contributed by atoms with Gasteiger partial charge in [-0.05, 0) is 80.4 Å². The highest BCUT2D eigenvalue weighted by molar-refractivity contribution is 7.92. The second-order valence-electron chi connectivity index (χ2n) is 17.3. The van der Waals surface area contributed by atoms with Gasteiger partial charge in [0.2, 0.25) is 21.8 Å². The SMILES string of the molecule is CC(C)C[C@H](NC(=O)c1cc(C(=O)NCc2ccccc2)cc(N(C)S(C)(=O)=O)c1)[C@H](C[C@@H](C)C(=O)N[C@H](C(=O)NC(C)C)C(C)C)O[Si](C)(C)C(C)(C)C. The fourth-order valence-electron chi connectivity index (χ4n) is 5.70. The average Bonchev–Trinajstić information content (AvgIpc) is 3.06. The molecule has 0 saturated heterocycles. The molecule has 2 rings (SSSR count). The predicted molar refractivity (Wildman–Crippen MR) is 224 cm³/mol. The number of rotatable bonds is 19. The van der Waals surface area contributed by atoms with Crippen LogP contribution in [0.5, 0.6) is 0 Å². The van der Waals surface area contributed by atoms with Gasteiger partial charge in [-0.3, -0.25) is 23.5 Å². The summed E-state index contributed by atoms with van der Waals surface area (Å²) in [7, 11) is -4.85. The van der Waals surface area contributed by atoms with Gasteiger partial charge in [0.05, 0.1) is 24.1 Å². The Morgan fingerprint density at radius 1 is 0.800 bits per heavy atom. The van der Waals surface area contributed by atoms with Crippen LogP contribution in [0.1, 0.15) is 108 Å². The van der Waals surface area contributed by atoms with Crippen molar-refractivity contribution in [3.63, 3.8) is 0 Å². The number of nitrogens with zero attached hydrogens (tertiary/aromatic N) is 1. The van der Waals surface area contributed by atoms with Crippen LogP contribution in [0.4, 0.5) is 5.69 Å². The lowest BCUT2D eigenvalue weighted by Gasteiger charge is -2.42. The van der Waals surface area contributed by atoms with E-state index in [1.54, 1.807) is 6.92 Å². The Balaban J connectivity index is 2.57. The van der Waals surface area contributed by atoms with Crippen LogP contribution in [0.15, 0.2) is 48.5 Å². The highest BCUT2D eigenvalue weighted by atomic mass is 32.2. The molecule has 0 fully saturated rings. The number of carbonyl (C=O) groups is 4. The molecule has 0 saturated carbocycles. The normalized spacial score (nSPS) is 14.6. The topological polar surface area (TPSA) is 163 Å². The molecule has 0 unspecified atom stereocenters. The van der Waals surface area contributed by atoms with Crippen LogP contribution in [0, 0.1) is 17.8 Å². The van der Waals surface area contributed by atoms with Gasteiger partial charge >= 0.3 is 0 Å². The van der Waals surface area contributed by atoms with Crippen LogP contribution in [-0.2, 0) is 30.6 Å². The second kappa shape index (κ2) is 19.9. The van der Waals surface area contributed by atoms with Crippen molar-refractivity contribution < 1.29 is 32.0 Å². The molecule has 0 spiro atoms. The van der Waals surface area contributed by atoms with Gasteiger partial charge in [0.15, 0.2) is 8.32 Å². The summed E-state index contributed by atoms with van der Waals surface area (Å²) in [6, 6.07) is 12.3. The lowest BCUT2D eigenvalue weighted by molar-refractivity contribution is -0.132. The summed E-state index contributed by atoms with van der Waals surface area (Å²) in [5, 5.41) is 11.7. The van der Waals surface area contributed by atoms with Crippen molar-refractivity contribution >= 4 is 47.7 Å². The maximum Gasteiger partial charge on any atom is 0.251 e. The van der Waals surface area contributed by atoms with Crippen LogP contribution in [0.3, 0.4) is 0 Å². The van der Waals surface area contributed by atoms with E-state index in [1.165, 1.54) is 25.2 Å². The molecule has 0 aromatic heterocycles. The van der Waals surface area contributed by atoms with Gasteiger partial charge in [-0.25, -0.2) is 8.42 Å². The Hall–Kier alpha value is -3.75. The maximum atomic E-state index is 14.3. The Kier molecular flexibility index (Phi) is 17.2. The van der Waals surface area contributed by atoms with Gasteiger partial charge in [0, 0.05) is 36.7 Å². The Morgan fingerprint density at radius 2 is 1.36 bits per heavy atom. The third kappa shape index (κ3) is 14.7. The average molecular weight is 802 g/mol. The number of anilines is 1. The molecule has 0 radical (unpaired) electrons. The van der Waals surface area contributed by atoms with Crippen molar-refractivity contribution in [3.8, 4) is 0 Å². The summed E-state index contributed by atoms with van der Waals surface area (Å²) in [4.78, 5) is 54.5. The van der Waals surface area contributed by atoms with Crippen molar-refractivity contribution in [2.75, 3.05) is 17.6 Å². The lowest BCUT2D eigenvalue weighted by Crippen LogP contribution is -2.54. The molecule has 0 bridgehead atoms. The van der Waals surface area contributed by atoms with Gasteiger partial charge in [0.25, 0.3) is 11.8 Å². The summed E-state index contributed by atoms with van der Waals surface area (Å²) in [6.45, 7) is 24.2. The number of sulfonamides is 1. The molecule has 0 aliphatic heterocycles. The molecule has 4 amide bonds. The van der Waals surface area contributed by atoms with Gasteiger partial charge < -0.3 is 25.7 Å². The van der Waals surface area contributed by atoms with Crippen LogP contribution in [0.2, 0.25) is 18.1 Å². The molecule has 0 heterocycles. The highest BCUT2D eigenvalue weighted by Gasteiger charge is 2.42. The van der Waals surface area contributed by atoms with Crippen LogP contribution >= 0.6 is 0 Å². The fraction of sp³-hybridized carbons (Fsp3) is 0.610. The van der Waals surface area contributed by atoms with E-state index in [4.69, 9.17) is 4.43 Å². The zero-order valence-corrected chi connectivity index (χ0v) is 37.3. The van der Waals surface area contributed by atoms with E-state index in [2.05, 4.69) is 55.1 Å². The van der Waals surface area contributed by atoms with E-state index in [-0.39, 0.29) is 64.5 Å². The minimum absolute atomic E-state index is 0.0851. The monoisotopic (exact) mass is 801 g/mol. The van der Waals surface area contributed by atoms with E-state index in [0.29, 0.717) is 6.42 Å². The Bertz CT molecular complexity index is 1730. The molecule has 2 aromatic carbocycles. The number of hydrogen-bond acceptors (Lipinski definition) is 7. The number of carbonyl (C=O) groups excluding carboxylic acids is 4. The van der Waals surface area contributed by atoms with Crippen LogP contribution in [-0.4, -0.2) is 77.9 Å². The summed E-state index contributed by atoms with van der Waals surface area (Å²) in [5.41, 5.74) is 1.25. The van der Waals surface area contributed by atoms with Crippen molar-refractivity contribution in [3.05, 3.63) is 65.2 Å². The first-order valence-corrected chi connectivity index (χ1v) is 24.0. The minimum atomic E-state index is -3.74. The lowest BCUT2D eigenvalue weighted by atomic mass is 9.91. The van der Waals surface area contributed by atoms with Crippen LogP contribution < -0.4 is 25.6 Å². The van der Waals surface area contributed by atoms with E-state index in [9.17, 15) is 27.6 Å². The van der Waals surface area contributed by atoms with Crippen molar-refractivity contribution in [2.24, 2.45) is 17.8 Å². The standard InChI is InChI=1S/C41H67N5O7SSi/c1-26(2)20-34(35(53-55(13,14)41(8,9)10)21-29(7)37(47)45-36(27(3)4)40(50)43-28(5)6)44-39(49)32-22-31(23-33(24-32)46(11)54(12,51)52)38(48)42-25-30-18-16-15-17-19-30/h15-19,22-24,26-29,34-36H,20-21,25H2,1-14H3,(H,42,48)(H,43,50)(H,44,49)(H,45,47)/t29-,34+,35+,36+/m1/s1. The third-order valence-corrected chi connectivity index (χ3v) is 15.8. The molecule has 14 heteroatoms. The summed E-state index contributed by atoms with van der Waals surface area (Å²) < 4.78 is 33.3. The molecular weight excluding hydrogens is 735 g/mol. The molecule has 0 aliphatic carbocycles. The quantitative estimate of drug-likeness (QED) is 0.122. The minimum Gasteiger partial charge on any atom is -0.412 e. The molecule has 2 aromatic rings. The van der Waals surface area contributed by atoms with Crippen LogP contribution in [0.25, 0.3) is 0 Å². The molecule has 4 atom stereocenters. The van der Waals surface area contributed by atoms with Gasteiger partial charge in [0.1, 0.15) is 6.04 Å². The zero-order chi connectivity index (χ0) is 42.1. The Morgan fingerprint density at radius 3 is 1.85 bits per heavy atom. The first kappa shape index (κ1) is 47.4. The fourth-order valence-corrected chi connectivity index (χ4v) is 7.56. The second-order valence-corrected chi connectivity index (χ2v) is 24.1. The zero-order valence-electron chi connectivity index (χ0n) is 35.5. The Labute approximate surface area is 331 Å². The van der Waals surface area contributed by atoms with E-state index in [0.717, 1.165) is 16.1 Å². The summed E-state index contributed by atoms with van der Waals surface area (Å²) in [5.74, 6) is -2.14. The summed E-state index contributed by atoms with van der Waals surface area (Å²) >= 11 is 0. The van der Waals surface area contributed by atoms with Crippen molar-refractivity contribution in [1.82, 2.24) is 21.3 Å². The molecule has 308 valence electrons. The summed E-state index contributed by atoms with van der Waals surface area (Å²) in [6.07, 6.45) is 1.23. The number of nitrogens with one attached hydrogen (secondary N) is 4. The highest BCUT2D eigenvalue weighted by Crippen LogP contribution is 2.39. The van der Waals surface area contributed by atoms with E-state index in [1.807, 2.05) is 71.9 Å². The largest absolute Gasteiger partial charge is 0.412 e. The molecule has 0 aliphatic rings. The smallest absolute Gasteiger partial charge is 0.251 e. The van der Waals surface area contributed by atoms with Gasteiger partial charge in [-0.2, -0.15) is 0 Å². The number of benzene rings is 2. The first-order valence-electron chi connectivity index (χ1n) is 19.2. The van der Waals surface area contributed by atoms with Crippen molar-refractivity contribution in [1.29, 1.82) is 0 Å². The van der Waals surface area contributed by atoms with Crippen molar-refractivity contribution in [2.45, 2.75) is 131 Å². The van der Waals surface area contributed by atoms with Gasteiger partial charge in [-0.1, -0.05) is 85.7 Å².